The second kappa shape index (κ2) is 5.31. The molecule has 1 aromatic carbocycles. The van der Waals surface area contributed by atoms with Crippen LogP contribution in [0, 0.1) is 5.92 Å². The monoisotopic (exact) mass is 244 g/mol. The second-order valence-corrected chi connectivity index (χ2v) is 4.87. The summed E-state index contributed by atoms with van der Waals surface area (Å²) in [6.45, 7) is 4.92. The molecule has 4 nitrogen and oxygen atoms in total. The van der Waals surface area contributed by atoms with Crippen LogP contribution in [-0.2, 0) is 7.05 Å². The first-order valence-corrected chi connectivity index (χ1v) is 6.30. The van der Waals surface area contributed by atoms with E-state index in [-0.39, 0.29) is 5.92 Å². The lowest BCUT2D eigenvalue weighted by Crippen LogP contribution is -2.21. The maximum absolute atomic E-state index is 5.84. The van der Waals surface area contributed by atoms with E-state index in [1.807, 2.05) is 42.1 Å². The minimum atomic E-state index is 0.250. The Balaban J connectivity index is 2.38. The van der Waals surface area contributed by atoms with Gasteiger partial charge in [0.25, 0.3) is 0 Å². The van der Waals surface area contributed by atoms with Crippen molar-refractivity contribution in [2.75, 3.05) is 6.54 Å². The highest BCUT2D eigenvalue weighted by atomic mass is 15.3. The molecule has 0 radical (unpaired) electrons. The van der Waals surface area contributed by atoms with Crippen LogP contribution in [0.3, 0.4) is 0 Å². The van der Waals surface area contributed by atoms with E-state index in [0.29, 0.717) is 12.5 Å². The molecule has 1 heterocycles. The molecule has 18 heavy (non-hydrogen) atoms. The van der Waals surface area contributed by atoms with Gasteiger partial charge in [-0.15, -0.1) is 0 Å². The first-order chi connectivity index (χ1) is 8.63. The molecular formula is C14H20N4. The summed E-state index contributed by atoms with van der Waals surface area (Å²) in [4.78, 5) is 4.64. The van der Waals surface area contributed by atoms with Crippen molar-refractivity contribution in [3.63, 3.8) is 0 Å². The number of hydrogen-bond donors (Lipinski definition) is 1. The van der Waals surface area contributed by atoms with Crippen LogP contribution < -0.4 is 5.73 Å². The fourth-order valence-electron chi connectivity index (χ4n) is 2.10. The first-order valence-electron chi connectivity index (χ1n) is 6.30. The fraction of sp³-hybridized carbons (Fsp3) is 0.429. The standard InChI is InChI=1S/C14H20N4/c1-10(2)12(9-15)14-16-13(17-18(14)3)11-7-5-4-6-8-11/h4-8,10,12H,9,15H2,1-3H3. The third-order valence-electron chi connectivity index (χ3n) is 3.22. The van der Waals surface area contributed by atoms with Crippen molar-refractivity contribution in [3.05, 3.63) is 36.2 Å². The van der Waals surface area contributed by atoms with Crippen molar-refractivity contribution in [1.29, 1.82) is 0 Å². The average molecular weight is 244 g/mol. The molecule has 0 spiro atoms. The normalized spacial score (nSPS) is 12.9. The van der Waals surface area contributed by atoms with Crippen LogP contribution in [-0.4, -0.2) is 21.3 Å². The Bertz CT molecular complexity index is 502. The summed E-state index contributed by atoms with van der Waals surface area (Å²) in [6.07, 6.45) is 0. The first kappa shape index (κ1) is 12.8. The van der Waals surface area contributed by atoms with Crippen molar-refractivity contribution in [3.8, 4) is 11.4 Å². The number of hydrogen-bond acceptors (Lipinski definition) is 3. The number of benzene rings is 1. The average Bonchev–Trinajstić information content (AvgIpc) is 2.73. The molecule has 1 atom stereocenters. The van der Waals surface area contributed by atoms with Gasteiger partial charge < -0.3 is 5.73 Å². The van der Waals surface area contributed by atoms with Crippen LogP contribution in [0.1, 0.15) is 25.6 Å². The highest BCUT2D eigenvalue weighted by molar-refractivity contribution is 5.54. The Morgan fingerprint density at radius 3 is 2.44 bits per heavy atom. The minimum Gasteiger partial charge on any atom is -0.330 e. The van der Waals surface area contributed by atoms with Gasteiger partial charge in [0.2, 0.25) is 0 Å². The molecule has 2 aromatic rings. The van der Waals surface area contributed by atoms with Gasteiger partial charge in [0.05, 0.1) is 0 Å². The van der Waals surface area contributed by atoms with Crippen molar-refractivity contribution in [1.82, 2.24) is 14.8 Å². The quantitative estimate of drug-likeness (QED) is 0.896. The Morgan fingerprint density at radius 1 is 1.22 bits per heavy atom. The highest BCUT2D eigenvalue weighted by Crippen LogP contribution is 2.24. The topological polar surface area (TPSA) is 56.7 Å². The molecule has 0 amide bonds. The van der Waals surface area contributed by atoms with E-state index < -0.39 is 0 Å². The molecule has 1 unspecified atom stereocenters. The lowest BCUT2D eigenvalue weighted by Gasteiger charge is -2.17. The Hall–Kier alpha value is -1.68. The van der Waals surface area contributed by atoms with Crippen LogP contribution in [0.15, 0.2) is 30.3 Å². The largest absolute Gasteiger partial charge is 0.330 e. The van der Waals surface area contributed by atoms with E-state index in [1.54, 1.807) is 0 Å². The predicted molar refractivity (Wildman–Crippen MR) is 73.1 cm³/mol. The molecule has 0 fully saturated rings. The molecule has 2 rings (SSSR count). The number of nitrogens with two attached hydrogens (primary N) is 1. The Kier molecular flexibility index (Phi) is 3.77. The summed E-state index contributed by atoms with van der Waals surface area (Å²) in [5.41, 5.74) is 6.88. The highest BCUT2D eigenvalue weighted by Gasteiger charge is 2.20. The van der Waals surface area contributed by atoms with Crippen molar-refractivity contribution < 1.29 is 0 Å². The third-order valence-corrected chi connectivity index (χ3v) is 3.22. The van der Waals surface area contributed by atoms with Crippen LogP contribution in [0.5, 0.6) is 0 Å². The molecule has 2 N–H and O–H groups in total. The lowest BCUT2D eigenvalue weighted by atomic mass is 9.95. The summed E-state index contributed by atoms with van der Waals surface area (Å²) in [7, 11) is 1.93. The summed E-state index contributed by atoms with van der Waals surface area (Å²) in [5, 5.41) is 4.48. The third kappa shape index (κ3) is 2.43. The summed E-state index contributed by atoms with van der Waals surface area (Å²) in [6, 6.07) is 10.0. The molecule has 4 heteroatoms. The maximum Gasteiger partial charge on any atom is 0.181 e. The number of rotatable bonds is 4. The van der Waals surface area contributed by atoms with E-state index in [2.05, 4.69) is 23.9 Å². The SMILES string of the molecule is CC(C)C(CN)c1nc(-c2ccccc2)nn1C. The van der Waals surface area contributed by atoms with E-state index in [1.165, 1.54) is 0 Å². The van der Waals surface area contributed by atoms with Gasteiger partial charge in [-0.3, -0.25) is 4.68 Å². The molecule has 96 valence electrons. The van der Waals surface area contributed by atoms with Crippen LogP contribution in [0.25, 0.3) is 11.4 Å². The zero-order valence-corrected chi connectivity index (χ0v) is 11.2. The van der Waals surface area contributed by atoms with Crippen LogP contribution >= 0.6 is 0 Å². The summed E-state index contributed by atoms with van der Waals surface area (Å²) in [5.74, 6) is 2.44. The number of aromatic nitrogens is 3. The second-order valence-electron chi connectivity index (χ2n) is 4.87. The Labute approximate surface area is 108 Å². The molecule has 0 aliphatic carbocycles. The fourth-order valence-corrected chi connectivity index (χ4v) is 2.10. The van der Waals surface area contributed by atoms with Crippen molar-refractivity contribution in [2.24, 2.45) is 18.7 Å². The van der Waals surface area contributed by atoms with Gasteiger partial charge in [-0.05, 0) is 5.92 Å². The maximum atomic E-state index is 5.84. The molecule has 0 saturated heterocycles. The van der Waals surface area contributed by atoms with E-state index >= 15 is 0 Å². The van der Waals surface area contributed by atoms with Gasteiger partial charge in [0.15, 0.2) is 5.82 Å². The summed E-state index contributed by atoms with van der Waals surface area (Å²) >= 11 is 0. The summed E-state index contributed by atoms with van der Waals surface area (Å²) < 4.78 is 1.85. The Morgan fingerprint density at radius 2 is 1.89 bits per heavy atom. The van der Waals surface area contributed by atoms with Gasteiger partial charge in [-0.1, -0.05) is 44.2 Å². The molecule has 1 aromatic heterocycles. The molecule has 0 aliphatic rings. The smallest absolute Gasteiger partial charge is 0.181 e. The lowest BCUT2D eigenvalue weighted by molar-refractivity contribution is 0.464. The minimum absolute atomic E-state index is 0.250. The predicted octanol–water partition coefficient (Wildman–Crippen LogP) is 2.18. The van der Waals surface area contributed by atoms with Gasteiger partial charge in [0.1, 0.15) is 5.82 Å². The van der Waals surface area contributed by atoms with Gasteiger partial charge >= 0.3 is 0 Å². The van der Waals surface area contributed by atoms with E-state index in [0.717, 1.165) is 17.2 Å². The molecule has 0 saturated carbocycles. The van der Waals surface area contributed by atoms with Gasteiger partial charge in [-0.25, -0.2) is 4.98 Å². The van der Waals surface area contributed by atoms with Gasteiger partial charge in [-0.2, -0.15) is 5.10 Å². The van der Waals surface area contributed by atoms with Crippen molar-refractivity contribution in [2.45, 2.75) is 19.8 Å². The van der Waals surface area contributed by atoms with Crippen molar-refractivity contribution >= 4 is 0 Å². The molecule has 0 bridgehead atoms. The van der Waals surface area contributed by atoms with Gasteiger partial charge in [0, 0.05) is 25.1 Å². The molecular weight excluding hydrogens is 224 g/mol. The van der Waals surface area contributed by atoms with E-state index in [9.17, 15) is 0 Å². The number of nitrogens with zero attached hydrogens (tertiary/aromatic N) is 3. The van der Waals surface area contributed by atoms with Crippen LogP contribution in [0.4, 0.5) is 0 Å². The zero-order chi connectivity index (χ0) is 13.1. The molecule has 0 aliphatic heterocycles. The van der Waals surface area contributed by atoms with Crippen LogP contribution in [0.2, 0.25) is 0 Å². The number of aryl methyl sites for hydroxylation is 1. The van der Waals surface area contributed by atoms with E-state index in [4.69, 9.17) is 5.73 Å². The zero-order valence-electron chi connectivity index (χ0n) is 11.2.